The van der Waals surface area contributed by atoms with Crippen molar-refractivity contribution in [2.24, 2.45) is 10.2 Å². The van der Waals surface area contributed by atoms with Crippen LogP contribution in [0.15, 0.2) is 170 Å². The summed E-state index contributed by atoms with van der Waals surface area (Å²) in [6, 6.07) is 27.5. The van der Waals surface area contributed by atoms with Crippen LogP contribution in [-0.2, 0) is 61.9 Å². The largest absolute Gasteiger partial charge is 0.744 e. The molecule has 5 aromatic carbocycles. The van der Waals surface area contributed by atoms with Crippen molar-refractivity contribution in [3.63, 3.8) is 0 Å². The number of aromatic nitrogens is 1. The lowest BCUT2D eigenvalue weighted by atomic mass is 9.77. The Morgan fingerprint density at radius 2 is 1.47 bits per heavy atom. The van der Waals surface area contributed by atoms with E-state index in [9.17, 15) is 53.8 Å². The number of likely N-dealkylation sites (N-methyl/N-ethyl adjacent to an activating group) is 1. The molecule has 5 N–H and O–H groups in total. The van der Waals surface area contributed by atoms with Crippen molar-refractivity contribution >= 4 is 98.9 Å². The number of anilines is 2. The highest BCUT2D eigenvalue weighted by atomic mass is 35.5. The molecule has 83 heavy (non-hydrogen) atoms. The van der Waals surface area contributed by atoms with Crippen LogP contribution in [0.1, 0.15) is 77.0 Å². The summed E-state index contributed by atoms with van der Waals surface area (Å²) in [5.41, 5.74) is 4.79. The third-order valence-electron chi connectivity index (χ3n) is 14.8. The maximum Gasteiger partial charge on any atom is 0.294 e. The van der Waals surface area contributed by atoms with Crippen molar-refractivity contribution in [2.75, 3.05) is 41.9 Å². The highest BCUT2D eigenvalue weighted by Gasteiger charge is 2.45. The Bertz CT molecular complexity index is 4010. The molecule has 2 aliphatic heterocycles. The van der Waals surface area contributed by atoms with E-state index in [1.165, 1.54) is 60.7 Å². The van der Waals surface area contributed by atoms with Crippen LogP contribution in [0.5, 0.6) is 5.88 Å². The van der Waals surface area contributed by atoms with E-state index in [1.807, 2.05) is 69.6 Å². The van der Waals surface area contributed by atoms with Gasteiger partial charge in [-0.1, -0.05) is 66.2 Å². The number of allylic oxidation sites excluding steroid dienone is 6. The number of carbonyl (C=O) groups excluding carboxylic acids is 3. The van der Waals surface area contributed by atoms with Gasteiger partial charge in [0.25, 0.3) is 26.0 Å². The number of aromatic hydroxyl groups is 1. The van der Waals surface area contributed by atoms with Gasteiger partial charge in [0, 0.05) is 77.4 Å². The normalized spacial score (nSPS) is 16.6. The van der Waals surface area contributed by atoms with Crippen LogP contribution in [0.2, 0.25) is 5.02 Å². The molecule has 1 aromatic heterocycles. The Morgan fingerprint density at radius 1 is 0.807 bits per heavy atom. The minimum absolute atomic E-state index is 0.0235. The summed E-state index contributed by atoms with van der Waals surface area (Å²) in [7, 11) is -13.6. The smallest absolute Gasteiger partial charge is 0.294 e. The lowest BCUT2D eigenvalue weighted by molar-refractivity contribution is -0.433. The average molecular weight is 1210 g/mol. The van der Waals surface area contributed by atoms with E-state index >= 15 is 0 Å². The number of amides is 3. The van der Waals surface area contributed by atoms with Gasteiger partial charge in [0.2, 0.25) is 23.4 Å². The third kappa shape index (κ3) is 13.5. The van der Waals surface area contributed by atoms with Crippen molar-refractivity contribution in [2.45, 2.75) is 92.2 Å². The van der Waals surface area contributed by atoms with Gasteiger partial charge in [0.05, 0.1) is 31.3 Å². The van der Waals surface area contributed by atoms with Crippen molar-refractivity contribution in [3.05, 3.63) is 167 Å². The number of azo groups is 1. The maximum absolute atomic E-state index is 14.1. The van der Waals surface area contributed by atoms with E-state index < -0.39 is 53.5 Å². The summed E-state index contributed by atoms with van der Waals surface area (Å²) < 4.78 is 101. The summed E-state index contributed by atoms with van der Waals surface area (Å²) in [6.07, 6.45) is 10.7. The molecule has 0 saturated heterocycles. The molecule has 0 fully saturated rings. The zero-order chi connectivity index (χ0) is 60.1. The Balaban J connectivity index is 0.851. The van der Waals surface area contributed by atoms with E-state index in [1.54, 1.807) is 48.5 Å². The molecule has 3 amide bonds. The van der Waals surface area contributed by atoms with Gasteiger partial charge in [0.1, 0.15) is 23.2 Å². The molecule has 0 radical (unpaired) electrons. The molecule has 1 atom stereocenters. The number of nitrogens with zero attached hydrogens (tertiary/aromatic N) is 5. The predicted molar refractivity (Wildman–Crippen MR) is 316 cm³/mol. The van der Waals surface area contributed by atoms with Crippen LogP contribution in [-0.4, -0.2) is 105 Å². The first-order valence-corrected chi connectivity index (χ1v) is 31.3. The SMILES string of the molecule is CCN1\C(=C/C=C/C=C/C2=[N+](CC)c3cc(S(=O)(=O)[O-])ccc3C2(C)C)C(C)(CCCC(=O)NCCNC(=O)CCc2ccc(S(=O)(=O)N(CC(=O)N=Nc3c(O)[nH]c4ccccc34)c3ccc(Cl)cc3)cc2)c2cc(S(=O)(=O)O)ccc21. The van der Waals surface area contributed by atoms with Gasteiger partial charge in [-0.15, -0.1) is 10.2 Å². The molecule has 1 unspecified atom stereocenters. The quantitative estimate of drug-likeness (QED) is 0.0131. The minimum Gasteiger partial charge on any atom is -0.744 e. The maximum atomic E-state index is 14.1. The summed E-state index contributed by atoms with van der Waals surface area (Å²) in [6.45, 7) is 10.5. The zero-order valence-corrected chi connectivity index (χ0v) is 49.4. The number of nitrogens with one attached hydrogen (secondary N) is 3. The number of hydrogen-bond acceptors (Lipinski definition) is 13. The molecule has 0 aliphatic carbocycles. The van der Waals surface area contributed by atoms with Gasteiger partial charge >= 0.3 is 0 Å². The van der Waals surface area contributed by atoms with Crippen LogP contribution in [0.3, 0.4) is 0 Å². The summed E-state index contributed by atoms with van der Waals surface area (Å²) >= 11 is 6.09. The molecule has 0 saturated carbocycles. The first kappa shape index (κ1) is 61.3. The minimum atomic E-state index is -4.66. The number of rotatable bonds is 23. The fraction of sp³-hybridized carbons (Fsp3) is 0.288. The van der Waals surface area contributed by atoms with Gasteiger partial charge in [-0.05, 0) is 138 Å². The predicted octanol–water partition coefficient (Wildman–Crippen LogP) is 9.41. The summed E-state index contributed by atoms with van der Waals surface area (Å²) in [4.78, 5) is 43.4. The van der Waals surface area contributed by atoms with E-state index in [0.29, 0.717) is 58.7 Å². The number of benzene rings is 5. The highest BCUT2D eigenvalue weighted by Crippen LogP contribution is 2.51. The number of aromatic amines is 1. The standard InChI is InChI=1S/C59H63ClN8O12S3/c1-6-66-49-31-29-43(82(75,76)77)36-47(49)59(5,52(66)17-10-8-9-16-51-58(3,4)46-30-28-44(83(78,79)80)37-50(46)67(51)7-2)33-13-18-53(69)61-34-35-62-54(70)32-21-39-19-26-42(27-20-39)81(73,74)68(41-24-22-40(60)23-25-41)38-55(71)64-65-56-45-14-11-12-15-48(45)63-57(56)72/h8-12,14-17,19-20,22-31,36-37H,6-7,13,18,21,32-35,38H2,1-5H3,(H5-,61,62,63,64,65,69,70,71,72,75,76,77,78,79,80). The number of H-pyrrole nitrogens is 1. The number of aryl methyl sites for hydroxylation is 1. The molecule has 20 nitrogen and oxygen atoms in total. The molecule has 8 rings (SSSR count). The van der Waals surface area contributed by atoms with Crippen molar-refractivity contribution < 1.29 is 58.4 Å². The number of sulfonamides is 1. The number of fused-ring (bicyclic) bond motifs is 3. The molecule has 0 spiro atoms. The fourth-order valence-electron chi connectivity index (χ4n) is 10.6. The Hall–Kier alpha value is -7.80. The summed E-state index contributed by atoms with van der Waals surface area (Å²) in [5.74, 6) is -1.78. The zero-order valence-electron chi connectivity index (χ0n) is 46.2. The second-order valence-electron chi connectivity index (χ2n) is 20.6. The second-order valence-corrected chi connectivity index (χ2v) is 25.7. The molecule has 3 heterocycles. The molecule has 2 aliphatic rings. The van der Waals surface area contributed by atoms with Crippen molar-refractivity contribution in [3.8, 4) is 5.88 Å². The lowest BCUT2D eigenvalue weighted by Crippen LogP contribution is -2.35. The highest BCUT2D eigenvalue weighted by molar-refractivity contribution is 7.92. The van der Waals surface area contributed by atoms with Crippen molar-refractivity contribution in [1.29, 1.82) is 0 Å². The van der Waals surface area contributed by atoms with Gasteiger partial charge in [-0.25, -0.2) is 16.8 Å². The Kier molecular flexibility index (Phi) is 18.4. The third-order valence-corrected chi connectivity index (χ3v) is 18.6. The van der Waals surface area contributed by atoms with E-state index in [-0.39, 0.29) is 76.1 Å². The molecular weight excluding hydrogens is 1140 g/mol. The van der Waals surface area contributed by atoms with Gasteiger partial charge < -0.3 is 30.2 Å². The van der Waals surface area contributed by atoms with Gasteiger partial charge in [-0.3, -0.25) is 23.2 Å². The lowest BCUT2D eigenvalue weighted by Gasteiger charge is -2.30. The van der Waals surface area contributed by atoms with Crippen LogP contribution in [0, 0.1) is 0 Å². The monoisotopic (exact) mass is 1210 g/mol. The number of halogens is 1. The second kappa shape index (κ2) is 25.0. The fourth-order valence-corrected chi connectivity index (χ4v) is 13.1. The first-order valence-electron chi connectivity index (χ1n) is 26.6. The van der Waals surface area contributed by atoms with Crippen LogP contribution >= 0.6 is 11.6 Å². The number of carbonyl (C=O) groups is 3. The van der Waals surface area contributed by atoms with Gasteiger partial charge in [-0.2, -0.15) is 13.0 Å². The Morgan fingerprint density at radius 3 is 2.13 bits per heavy atom. The van der Waals surface area contributed by atoms with E-state index in [0.717, 1.165) is 27.0 Å². The molecule has 24 heteroatoms. The summed E-state index contributed by atoms with van der Waals surface area (Å²) in [5, 5.41) is 24.5. The number of para-hydroxylation sites is 1. The van der Waals surface area contributed by atoms with Crippen LogP contribution in [0.25, 0.3) is 10.9 Å². The van der Waals surface area contributed by atoms with Crippen LogP contribution < -0.4 is 19.8 Å². The topological polar surface area (TPSA) is 291 Å². The van der Waals surface area contributed by atoms with Gasteiger partial charge in [0.15, 0.2) is 11.4 Å². The molecule has 436 valence electrons. The molecule has 0 bridgehead atoms. The molecular formula is C59H63ClN8O12S3. The first-order chi connectivity index (χ1) is 39.3. The van der Waals surface area contributed by atoms with E-state index in [2.05, 4.69) is 30.7 Å². The average Bonchev–Trinajstić information content (AvgIpc) is 3.41. The Labute approximate surface area is 487 Å². The van der Waals surface area contributed by atoms with Crippen LogP contribution in [0.4, 0.5) is 22.7 Å². The van der Waals surface area contributed by atoms with E-state index in [4.69, 9.17) is 11.6 Å². The number of hydrogen-bond donors (Lipinski definition) is 5. The van der Waals surface area contributed by atoms with Crippen molar-refractivity contribution in [1.82, 2.24) is 15.6 Å². The molecule has 6 aromatic rings.